The second-order valence-corrected chi connectivity index (χ2v) is 4.85. The second kappa shape index (κ2) is 6.19. The van der Waals surface area contributed by atoms with Gasteiger partial charge in [0.05, 0.1) is 0 Å². The highest BCUT2D eigenvalue weighted by Crippen LogP contribution is 2.27. The summed E-state index contributed by atoms with van der Waals surface area (Å²) >= 11 is 0. The van der Waals surface area contributed by atoms with E-state index in [1.807, 2.05) is 0 Å². The van der Waals surface area contributed by atoms with Crippen LogP contribution in [0.1, 0.15) is 24.0 Å². The molecule has 0 saturated carbocycles. The minimum absolute atomic E-state index is 0.0917. The molecule has 0 fully saturated rings. The zero-order valence-electron chi connectivity index (χ0n) is 11.1. The highest BCUT2D eigenvalue weighted by Gasteiger charge is 2.02. The topological polar surface area (TPSA) is 80.9 Å². The maximum Gasteiger partial charge on any atom is 0.157 e. The van der Waals surface area contributed by atoms with Crippen LogP contribution in [0, 0.1) is 0 Å². The van der Waals surface area contributed by atoms with Gasteiger partial charge in [0.1, 0.15) is 0 Å². The Morgan fingerprint density at radius 1 is 0.550 bits per heavy atom. The van der Waals surface area contributed by atoms with E-state index >= 15 is 0 Å². The van der Waals surface area contributed by atoms with E-state index < -0.39 is 0 Å². The van der Waals surface area contributed by atoms with E-state index in [0.29, 0.717) is 0 Å². The van der Waals surface area contributed by atoms with Crippen molar-refractivity contribution in [3.63, 3.8) is 0 Å². The Balaban J connectivity index is 1.81. The van der Waals surface area contributed by atoms with Crippen LogP contribution < -0.4 is 0 Å². The molecule has 4 N–H and O–H groups in total. The van der Waals surface area contributed by atoms with Crippen LogP contribution in [-0.4, -0.2) is 20.4 Å². The van der Waals surface area contributed by atoms with E-state index in [1.165, 1.54) is 12.1 Å². The van der Waals surface area contributed by atoms with Gasteiger partial charge in [0.15, 0.2) is 23.0 Å². The summed E-state index contributed by atoms with van der Waals surface area (Å²) in [5.41, 5.74) is 1.96. The predicted octanol–water partition coefficient (Wildman–Crippen LogP) is 3.07. The predicted molar refractivity (Wildman–Crippen MR) is 76.2 cm³/mol. The lowest BCUT2D eigenvalue weighted by Gasteiger charge is -2.05. The molecule has 0 aliphatic rings. The highest BCUT2D eigenvalue weighted by molar-refractivity contribution is 5.41. The van der Waals surface area contributed by atoms with Gasteiger partial charge in [-0.15, -0.1) is 0 Å². The average molecular weight is 274 g/mol. The molecule has 2 aromatic carbocycles. The summed E-state index contributed by atoms with van der Waals surface area (Å²) in [7, 11) is 0. The molecule has 0 amide bonds. The molecule has 0 aliphatic carbocycles. The quantitative estimate of drug-likeness (QED) is 0.499. The molecule has 0 bridgehead atoms. The number of aryl methyl sites for hydroxylation is 2. The van der Waals surface area contributed by atoms with E-state index in [2.05, 4.69) is 0 Å². The molecule has 2 rings (SSSR count). The number of unbranched alkanes of at least 4 members (excludes halogenated alkanes) is 1. The van der Waals surface area contributed by atoms with E-state index in [9.17, 15) is 20.4 Å². The summed E-state index contributed by atoms with van der Waals surface area (Å²) < 4.78 is 0. The zero-order chi connectivity index (χ0) is 14.5. The van der Waals surface area contributed by atoms with Crippen molar-refractivity contribution >= 4 is 0 Å². The summed E-state index contributed by atoms with van der Waals surface area (Å²) in [6, 6.07) is 9.71. The first-order valence-electron chi connectivity index (χ1n) is 6.58. The zero-order valence-corrected chi connectivity index (χ0v) is 11.1. The van der Waals surface area contributed by atoms with Crippen LogP contribution in [0.15, 0.2) is 36.4 Å². The molecule has 106 valence electrons. The van der Waals surface area contributed by atoms with Crippen LogP contribution in [0.5, 0.6) is 23.0 Å². The van der Waals surface area contributed by atoms with Gasteiger partial charge in [-0.25, -0.2) is 0 Å². The summed E-state index contributed by atoms with van der Waals surface area (Å²) in [5.74, 6) is -0.390. The second-order valence-electron chi connectivity index (χ2n) is 4.85. The van der Waals surface area contributed by atoms with Gasteiger partial charge in [0, 0.05) is 0 Å². The summed E-state index contributed by atoms with van der Waals surface area (Å²) in [6.07, 6.45) is 3.51. The van der Waals surface area contributed by atoms with Crippen molar-refractivity contribution in [1.82, 2.24) is 0 Å². The number of hydrogen-bond acceptors (Lipinski definition) is 4. The van der Waals surface area contributed by atoms with Gasteiger partial charge >= 0.3 is 0 Å². The Kier molecular flexibility index (Phi) is 4.35. The monoisotopic (exact) mass is 274 g/mol. The number of phenolic OH excluding ortho intramolecular Hbond substituents is 4. The maximum absolute atomic E-state index is 9.39. The Hall–Kier alpha value is -2.36. The van der Waals surface area contributed by atoms with Crippen LogP contribution in [0.25, 0.3) is 0 Å². The largest absolute Gasteiger partial charge is 0.504 e. The van der Waals surface area contributed by atoms with Crippen molar-refractivity contribution in [2.75, 3.05) is 0 Å². The van der Waals surface area contributed by atoms with E-state index in [1.54, 1.807) is 24.3 Å². The Labute approximate surface area is 117 Å². The maximum atomic E-state index is 9.39. The molecule has 4 heteroatoms. The van der Waals surface area contributed by atoms with Crippen LogP contribution in [0.3, 0.4) is 0 Å². The molecule has 0 spiro atoms. The van der Waals surface area contributed by atoms with Gasteiger partial charge in [0.25, 0.3) is 0 Å². The molecule has 0 heterocycles. The lowest BCUT2D eigenvalue weighted by atomic mass is 10.0. The minimum atomic E-state index is -0.103. The van der Waals surface area contributed by atoms with E-state index in [-0.39, 0.29) is 23.0 Å². The van der Waals surface area contributed by atoms with E-state index in [4.69, 9.17) is 0 Å². The third-order valence-corrected chi connectivity index (χ3v) is 3.26. The molecule has 0 aliphatic heterocycles. The van der Waals surface area contributed by atoms with Gasteiger partial charge in [-0.2, -0.15) is 0 Å². The lowest BCUT2D eigenvalue weighted by molar-refractivity contribution is 0.403. The van der Waals surface area contributed by atoms with Gasteiger partial charge < -0.3 is 20.4 Å². The van der Waals surface area contributed by atoms with Crippen LogP contribution in [0.4, 0.5) is 0 Å². The van der Waals surface area contributed by atoms with Gasteiger partial charge in [-0.1, -0.05) is 12.1 Å². The molecule has 0 saturated heterocycles. The van der Waals surface area contributed by atoms with Crippen molar-refractivity contribution in [2.45, 2.75) is 25.7 Å². The third kappa shape index (κ3) is 3.57. The molecule has 0 atom stereocenters. The Bertz CT molecular complexity index is 540. The average Bonchev–Trinajstić information content (AvgIpc) is 2.42. The van der Waals surface area contributed by atoms with Crippen molar-refractivity contribution in [3.8, 4) is 23.0 Å². The molecular weight excluding hydrogens is 256 g/mol. The van der Waals surface area contributed by atoms with Crippen LogP contribution in [-0.2, 0) is 12.8 Å². The molecule has 4 nitrogen and oxygen atoms in total. The number of hydrogen-bond donors (Lipinski definition) is 4. The Morgan fingerprint density at radius 3 is 1.30 bits per heavy atom. The molecule has 20 heavy (non-hydrogen) atoms. The van der Waals surface area contributed by atoms with Gasteiger partial charge in [-0.3, -0.25) is 0 Å². The fraction of sp³-hybridized carbons (Fsp3) is 0.250. The Morgan fingerprint density at radius 2 is 0.950 bits per heavy atom. The first-order chi connectivity index (χ1) is 9.56. The fourth-order valence-electron chi connectivity index (χ4n) is 2.11. The van der Waals surface area contributed by atoms with Crippen LogP contribution in [0.2, 0.25) is 0 Å². The number of phenols is 4. The fourth-order valence-corrected chi connectivity index (χ4v) is 2.11. The van der Waals surface area contributed by atoms with Crippen molar-refractivity contribution in [1.29, 1.82) is 0 Å². The molecular formula is C16H18O4. The smallest absolute Gasteiger partial charge is 0.157 e. The first kappa shape index (κ1) is 14.1. The first-order valence-corrected chi connectivity index (χ1v) is 6.58. The number of rotatable bonds is 5. The summed E-state index contributed by atoms with van der Waals surface area (Å²) in [4.78, 5) is 0. The van der Waals surface area contributed by atoms with Gasteiger partial charge in [-0.05, 0) is 61.1 Å². The molecule has 0 aromatic heterocycles. The molecule has 2 aromatic rings. The summed E-state index contributed by atoms with van der Waals surface area (Å²) in [5, 5.41) is 37.2. The number of aromatic hydroxyl groups is 4. The normalized spacial score (nSPS) is 10.6. The molecule has 0 radical (unpaired) electrons. The van der Waals surface area contributed by atoms with Gasteiger partial charge in [0.2, 0.25) is 0 Å². The highest BCUT2D eigenvalue weighted by atomic mass is 16.3. The van der Waals surface area contributed by atoms with Crippen molar-refractivity contribution in [2.24, 2.45) is 0 Å². The van der Waals surface area contributed by atoms with E-state index in [0.717, 1.165) is 36.8 Å². The number of benzene rings is 2. The molecule has 0 unspecified atom stereocenters. The standard InChI is InChI=1S/C16H18O4/c17-13-7-5-11(9-15(13)19)3-1-2-4-12-6-8-14(18)16(20)10-12/h5-10,17-20H,1-4H2. The lowest BCUT2D eigenvalue weighted by Crippen LogP contribution is -1.89. The van der Waals surface area contributed by atoms with Crippen molar-refractivity contribution < 1.29 is 20.4 Å². The SMILES string of the molecule is Oc1ccc(CCCCc2ccc(O)c(O)c2)cc1O. The van der Waals surface area contributed by atoms with Crippen LogP contribution >= 0.6 is 0 Å². The summed E-state index contributed by atoms with van der Waals surface area (Å²) in [6.45, 7) is 0. The van der Waals surface area contributed by atoms with Crippen molar-refractivity contribution in [3.05, 3.63) is 47.5 Å². The minimum Gasteiger partial charge on any atom is -0.504 e. The third-order valence-electron chi connectivity index (χ3n) is 3.26.